The largest absolute Gasteiger partial charge is 0.377 e. The minimum Gasteiger partial charge on any atom is -0.377 e. The number of anilines is 1. The Morgan fingerprint density at radius 3 is 2.77 bits per heavy atom. The fourth-order valence-corrected chi connectivity index (χ4v) is 1.63. The number of nitrogens with one attached hydrogen (secondary N) is 1. The zero-order valence-corrected chi connectivity index (χ0v) is 7.92. The molecule has 1 saturated heterocycles. The Labute approximate surface area is 80.1 Å². The molecular formula is C7H11N3O2S. The third kappa shape index (κ3) is 2.61. The fraction of sp³-hybridized carbons (Fsp3) is 0.714. The number of aromatic nitrogens is 2. The van der Waals surface area contributed by atoms with Gasteiger partial charge in [-0.15, -0.1) is 10.2 Å². The summed E-state index contributed by atoms with van der Waals surface area (Å²) in [7, 11) is 0. The molecule has 0 atom stereocenters. The normalized spacial score (nSPS) is 19.7. The number of rotatable bonds is 2. The highest BCUT2D eigenvalue weighted by Gasteiger charge is 2.13. The van der Waals surface area contributed by atoms with Crippen molar-refractivity contribution >= 4 is 16.5 Å². The van der Waals surface area contributed by atoms with E-state index >= 15 is 0 Å². The number of nitrogens with zero attached hydrogens (tertiary/aromatic N) is 2. The molecule has 13 heavy (non-hydrogen) atoms. The molecule has 6 heteroatoms. The van der Waals surface area contributed by atoms with E-state index in [9.17, 15) is 0 Å². The summed E-state index contributed by atoms with van der Waals surface area (Å²) in [6.07, 6.45) is 0. The first-order chi connectivity index (χ1) is 6.45. The molecule has 2 rings (SSSR count). The van der Waals surface area contributed by atoms with E-state index in [4.69, 9.17) is 9.47 Å². The van der Waals surface area contributed by atoms with Crippen LogP contribution in [0.15, 0.2) is 5.51 Å². The van der Waals surface area contributed by atoms with Crippen LogP contribution in [-0.2, 0) is 9.47 Å². The van der Waals surface area contributed by atoms with E-state index in [1.54, 1.807) is 5.51 Å². The molecule has 5 nitrogen and oxygen atoms in total. The Bertz CT molecular complexity index is 234. The smallest absolute Gasteiger partial charge is 0.205 e. The molecule has 0 saturated carbocycles. The van der Waals surface area contributed by atoms with Gasteiger partial charge in [0.25, 0.3) is 0 Å². The van der Waals surface area contributed by atoms with Crippen molar-refractivity contribution in [3.63, 3.8) is 0 Å². The number of ether oxygens (including phenoxy) is 2. The average Bonchev–Trinajstić information content (AvgIpc) is 2.49. The summed E-state index contributed by atoms with van der Waals surface area (Å²) in [5.74, 6) is 0. The van der Waals surface area contributed by atoms with E-state index in [1.165, 1.54) is 11.3 Å². The zero-order chi connectivity index (χ0) is 8.93. The van der Waals surface area contributed by atoms with Gasteiger partial charge in [0.15, 0.2) is 0 Å². The summed E-state index contributed by atoms with van der Waals surface area (Å²) in [5.41, 5.74) is 1.70. The Balaban J connectivity index is 1.86. The summed E-state index contributed by atoms with van der Waals surface area (Å²) < 4.78 is 10.6. The average molecular weight is 201 g/mol. The molecule has 2 heterocycles. The van der Waals surface area contributed by atoms with E-state index in [1.807, 2.05) is 0 Å². The van der Waals surface area contributed by atoms with Crippen molar-refractivity contribution in [2.75, 3.05) is 31.7 Å². The summed E-state index contributed by atoms with van der Waals surface area (Å²) >= 11 is 1.48. The first-order valence-corrected chi connectivity index (χ1v) is 5.01. The lowest BCUT2D eigenvalue weighted by Gasteiger charge is -2.13. The molecule has 72 valence electrons. The molecule has 1 aromatic heterocycles. The standard InChI is InChI=1S/C7H11N3O2S/c1-2-12-4-6(3-11-1)9-7-10-8-5-13-7/h5-6H,1-4H2,(H,9,10). The molecule has 1 aromatic rings. The van der Waals surface area contributed by atoms with Crippen LogP contribution < -0.4 is 5.32 Å². The molecule has 0 bridgehead atoms. The van der Waals surface area contributed by atoms with Gasteiger partial charge in [0.05, 0.1) is 32.5 Å². The topological polar surface area (TPSA) is 56.3 Å². The molecule has 0 aliphatic carbocycles. The van der Waals surface area contributed by atoms with Gasteiger partial charge in [0, 0.05) is 0 Å². The summed E-state index contributed by atoms with van der Waals surface area (Å²) in [6, 6.07) is 0.190. The first kappa shape index (κ1) is 8.86. The van der Waals surface area contributed by atoms with Crippen LogP contribution in [0.3, 0.4) is 0 Å². The van der Waals surface area contributed by atoms with Gasteiger partial charge in [-0.05, 0) is 0 Å². The lowest BCUT2D eigenvalue weighted by atomic mass is 10.3. The van der Waals surface area contributed by atoms with Gasteiger partial charge in [-0.3, -0.25) is 0 Å². The minimum absolute atomic E-state index is 0.190. The van der Waals surface area contributed by atoms with Gasteiger partial charge >= 0.3 is 0 Å². The molecule has 1 N–H and O–H groups in total. The lowest BCUT2D eigenvalue weighted by Crippen LogP contribution is -2.28. The van der Waals surface area contributed by atoms with Crippen molar-refractivity contribution in [3.05, 3.63) is 5.51 Å². The summed E-state index contributed by atoms with van der Waals surface area (Å²) in [6.45, 7) is 2.68. The zero-order valence-electron chi connectivity index (χ0n) is 7.10. The van der Waals surface area contributed by atoms with Crippen molar-refractivity contribution in [1.82, 2.24) is 10.2 Å². The maximum Gasteiger partial charge on any atom is 0.205 e. The van der Waals surface area contributed by atoms with Crippen LogP contribution in [-0.4, -0.2) is 42.7 Å². The summed E-state index contributed by atoms with van der Waals surface area (Å²) in [5, 5.41) is 11.6. The van der Waals surface area contributed by atoms with E-state index < -0.39 is 0 Å². The van der Waals surface area contributed by atoms with Gasteiger partial charge in [-0.1, -0.05) is 11.3 Å². The Morgan fingerprint density at radius 2 is 2.15 bits per heavy atom. The van der Waals surface area contributed by atoms with Gasteiger partial charge < -0.3 is 14.8 Å². The number of hydrogen-bond donors (Lipinski definition) is 1. The van der Waals surface area contributed by atoms with Crippen LogP contribution in [0.5, 0.6) is 0 Å². The molecule has 0 unspecified atom stereocenters. The van der Waals surface area contributed by atoms with Crippen molar-refractivity contribution in [2.45, 2.75) is 6.04 Å². The fourth-order valence-electron chi connectivity index (χ4n) is 1.11. The second-order valence-corrected chi connectivity index (χ2v) is 3.57. The minimum atomic E-state index is 0.190. The van der Waals surface area contributed by atoms with Gasteiger partial charge in [0.1, 0.15) is 5.51 Å². The Morgan fingerprint density at radius 1 is 1.38 bits per heavy atom. The third-order valence-corrected chi connectivity index (χ3v) is 2.32. The maximum absolute atomic E-state index is 5.32. The molecule has 0 aromatic carbocycles. The lowest BCUT2D eigenvalue weighted by molar-refractivity contribution is 0.103. The summed E-state index contributed by atoms with van der Waals surface area (Å²) in [4.78, 5) is 0. The SMILES string of the molecule is c1nnc(NC2COCCOC2)s1. The highest BCUT2D eigenvalue weighted by atomic mass is 32.1. The highest BCUT2D eigenvalue weighted by molar-refractivity contribution is 7.13. The van der Waals surface area contributed by atoms with E-state index in [0.717, 1.165) is 5.13 Å². The third-order valence-electron chi connectivity index (χ3n) is 1.70. The first-order valence-electron chi connectivity index (χ1n) is 4.13. The Kier molecular flexibility index (Phi) is 3.07. The molecule has 0 spiro atoms. The maximum atomic E-state index is 5.32. The Hall–Kier alpha value is -0.720. The highest BCUT2D eigenvalue weighted by Crippen LogP contribution is 2.10. The predicted octanol–water partition coefficient (Wildman–Crippen LogP) is 0.365. The van der Waals surface area contributed by atoms with Crippen molar-refractivity contribution in [3.8, 4) is 0 Å². The second kappa shape index (κ2) is 4.50. The van der Waals surface area contributed by atoms with Crippen LogP contribution >= 0.6 is 11.3 Å². The molecule has 1 aliphatic rings. The van der Waals surface area contributed by atoms with E-state index in [2.05, 4.69) is 15.5 Å². The number of hydrogen-bond acceptors (Lipinski definition) is 6. The van der Waals surface area contributed by atoms with Crippen LogP contribution in [0.1, 0.15) is 0 Å². The van der Waals surface area contributed by atoms with E-state index in [0.29, 0.717) is 26.4 Å². The van der Waals surface area contributed by atoms with Gasteiger partial charge in [-0.2, -0.15) is 0 Å². The van der Waals surface area contributed by atoms with Crippen LogP contribution in [0.2, 0.25) is 0 Å². The predicted molar refractivity (Wildman–Crippen MR) is 49.0 cm³/mol. The van der Waals surface area contributed by atoms with Gasteiger partial charge in [0.2, 0.25) is 5.13 Å². The molecular weight excluding hydrogens is 190 g/mol. The van der Waals surface area contributed by atoms with Gasteiger partial charge in [-0.25, -0.2) is 0 Å². The molecule has 0 radical (unpaired) electrons. The van der Waals surface area contributed by atoms with Crippen molar-refractivity contribution in [2.24, 2.45) is 0 Å². The van der Waals surface area contributed by atoms with Crippen LogP contribution in [0.4, 0.5) is 5.13 Å². The van der Waals surface area contributed by atoms with Crippen LogP contribution in [0.25, 0.3) is 0 Å². The monoisotopic (exact) mass is 201 g/mol. The molecule has 0 amide bonds. The molecule has 1 fully saturated rings. The second-order valence-electron chi connectivity index (χ2n) is 2.73. The van der Waals surface area contributed by atoms with E-state index in [-0.39, 0.29) is 6.04 Å². The molecule has 1 aliphatic heterocycles. The van der Waals surface area contributed by atoms with Crippen LogP contribution in [0, 0.1) is 0 Å². The van der Waals surface area contributed by atoms with Crippen molar-refractivity contribution < 1.29 is 9.47 Å². The van der Waals surface area contributed by atoms with Crippen molar-refractivity contribution in [1.29, 1.82) is 0 Å². The quantitative estimate of drug-likeness (QED) is 0.749.